The number of aryl methyl sites for hydroxylation is 2. The number of carbonyl (C=O) groups is 1. The molecule has 7 heteroatoms. The molecule has 0 aliphatic heterocycles. The minimum Gasteiger partial charge on any atom is -0.455 e. The standard InChI is InChI=1S/C22H16N2O5/c1-12-3-9-18-20(25)17-10-6-15(11-19(17)29-21(18)13(12)2)23-22(26)14-4-7-16(8-5-14)24(27)28/h3-11H,1-2H3,(H,23,26). The van der Waals surface area contributed by atoms with Crippen LogP contribution < -0.4 is 10.7 Å². The van der Waals surface area contributed by atoms with Gasteiger partial charge in [-0.15, -0.1) is 0 Å². The first kappa shape index (κ1) is 18.4. The summed E-state index contributed by atoms with van der Waals surface area (Å²) in [6.45, 7) is 3.84. The van der Waals surface area contributed by atoms with E-state index in [1.165, 1.54) is 24.3 Å². The van der Waals surface area contributed by atoms with Gasteiger partial charge in [-0.3, -0.25) is 19.7 Å². The highest BCUT2D eigenvalue weighted by molar-refractivity contribution is 6.05. The van der Waals surface area contributed by atoms with Gasteiger partial charge in [-0.05, 0) is 55.3 Å². The molecule has 3 aromatic carbocycles. The second kappa shape index (κ2) is 6.87. The second-order valence-corrected chi connectivity index (χ2v) is 6.78. The number of nitro benzene ring substituents is 1. The number of amides is 1. The second-order valence-electron chi connectivity index (χ2n) is 6.78. The molecule has 0 saturated heterocycles. The molecule has 1 amide bonds. The Morgan fingerprint density at radius 2 is 1.69 bits per heavy atom. The van der Waals surface area contributed by atoms with E-state index >= 15 is 0 Å². The van der Waals surface area contributed by atoms with Crippen molar-refractivity contribution in [1.82, 2.24) is 0 Å². The summed E-state index contributed by atoms with van der Waals surface area (Å²) in [5, 5.41) is 14.4. The van der Waals surface area contributed by atoms with Crippen molar-refractivity contribution in [3.63, 3.8) is 0 Å². The topological polar surface area (TPSA) is 102 Å². The zero-order chi connectivity index (χ0) is 20.7. The third-order valence-corrected chi connectivity index (χ3v) is 4.96. The first-order valence-electron chi connectivity index (χ1n) is 8.88. The van der Waals surface area contributed by atoms with Gasteiger partial charge in [-0.2, -0.15) is 0 Å². The Morgan fingerprint density at radius 3 is 2.38 bits per heavy atom. The van der Waals surface area contributed by atoms with Gasteiger partial charge in [0.25, 0.3) is 11.6 Å². The first-order chi connectivity index (χ1) is 13.8. The summed E-state index contributed by atoms with van der Waals surface area (Å²) in [7, 11) is 0. The molecule has 0 atom stereocenters. The number of fused-ring (bicyclic) bond motifs is 2. The van der Waals surface area contributed by atoms with Crippen molar-refractivity contribution in [3.05, 3.63) is 91.6 Å². The lowest BCUT2D eigenvalue weighted by atomic mass is 10.0. The molecule has 1 aromatic heterocycles. The highest BCUT2D eigenvalue weighted by Crippen LogP contribution is 2.25. The molecule has 0 radical (unpaired) electrons. The summed E-state index contributed by atoms with van der Waals surface area (Å²) in [4.78, 5) is 35.4. The summed E-state index contributed by atoms with van der Waals surface area (Å²) in [5.74, 6) is -0.422. The fraction of sp³-hybridized carbons (Fsp3) is 0.0909. The fourth-order valence-electron chi connectivity index (χ4n) is 3.17. The van der Waals surface area contributed by atoms with Crippen molar-refractivity contribution >= 4 is 39.2 Å². The number of hydrogen-bond donors (Lipinski definition) is 1. The summed E-state index contributed by atoms with van der Waals surface area (Å²) in [6, 6.07) is 13.8. The molecule has 0 unspecified atom stereocenters. The van der Waals surface area contributed by atoms with E-state index in [0.717, 1.165) is 11.1 Å². The monoisotopic (exact) mass is 388 g/mol. The largest absolute Gasteiger partial charge is 0.455 e. The molecule has 0 aliphatic carbocycles. The molecule has 4 aromatic rings. The van der Waals surface area contributed by atoms with Crippen molar-refractivity contribution in [2.75, 3.05) is 5.32 Å². The SMILES string of the molecule is Cc1ccc2c(=O)c3ccc(NC(=O)c4ccc([N+](=O)[O-])cc4)cc3oc2c1C. The van der Waals surface area contributed by atoms with Crippen LogP contribution in [0.1, 0.15) is 21.5 Å². The van der Waals surface area contributed by atoms with Gasteiger partial charge in [0.15, 0.2) is 0 Å². The van der Waals surface area contributed by atoms with E-state index in [9.17, 15) is 19.7 Å². The maximum absolute atomic E-state index is 12.8. The number of anilines is 1. The van der Waals surface area contributed by atoms with E-state index in [2.05, 4.69) is 5.32 Å². The normalized spacial score (nSPS) is 11.0. The predicted molar refractivity (Wildman–Crippen MR) is 111 cm³/mol. The van der Waals surface area contributed by atoms with Crippen LogP contribution in [0.5, 0.6) is 0 Å². The molecular formula is C22H16N2O5. The average Bonchev–Trinajstić information content (AvgIpc) is 2.71. The van der Waals surface area contributed by atoms with E-state index in [1.54, 1.807) is 24.3 Å². The maximum Gasteiger partial charge on any atom is 0.269 e. The van der Waals surface area contributed by atoms with Crippen molar-refractivity contribution in [2.45, 2.75) is 13.8 Å². The number of benzene rings is 3. The van der Waals surface area contributed by atoms with Crippen LogP contribution in [0.25, 0.3) is 21.9 Å². The third kappa shape index (κ3) is 3.23. The number of hydrogen-bond acceptors (Lipinski definition) is 5. The van der Waals surface area contributed by atoms with E-state index in [4.69, 9.17) is 4.42 Å². The van der Waals surface area contributed by atoms with E-state index in [-0.39, 0.29) is 16.7 Å². The van der Waals surface area contributed by atoms with Crippen LogP contribution in [-0.4, -0.2) is 10.8 Å². The van der Waals surface area contributed by atoms with Gasteiger partial charge in [-0.25, -0.2) is 0 Å². The van der Waals surface area contributed by atoms with Gasteiger partial charge in [0.05, 0.1) is 15.7 Å². The lowest BCUT2D eigenvalue weighted by Gasteiger charge is -2.09. The molecular weight excluding hydrogens is 372 g/mol. The highest BCUT2D eigenvalue weighted by atomic mass is 16.6. The van der Waals surface area contributed by atoms with Crippen LogP contribution in [0.4, 0.5) is 11.4 Å². The van der Waals surface area contributed by atoms with E-state index in [0.29, 0.717) is 27.6 Å². The third-order valence-electron chi connectivity index (χ3n) is 4.96. The van der Waals surface area contributed by atoms with Crippen LogP contribution in [0.15, 0.2) is 63.8 Å². The molecule has 7 nitrogen and oxygen atoms in total. The number of nitrogens with one attached hydrogen (secondary N) is 1. The van der Waals surface area contributed by atoms with Crippen LogP contribution >= 0.6 is 0 Å². The van der Waals surface area contributed by atoms with Gasteiger partial charge in [-0.1, -0.05) is 6.07 Å². The Kier molecular flexibility index (Phi) is 4.35. The Morgan fingerprint density at radius 1 is 1.00 bits per heavy atom. The number of rotatable bonds is 3. The van der Waals surface area contributed by atoms with Crippen molar-refractivity contribution in [3.8, 4) is 0 Å². The molecule has 0 saturated carbocycles. The smallest absolute Gasteiger partial charge is 0.269 e. The number of carbonyl (C=O) groups excluding carboxylic acids is 1. The Balaban J connectivity index is 1.72. The van der Waals surface area contributed by atoms with Gasteiger partial charge >= 0.3 is 0 Å². The highest BCUT2D eigenvalue weighted by Gasteiger charge is 2.13. The fourth-order valence-corrected chi connectivity index (χ4v) is 3.17. The summed E-state index contributed by atoms with van der Waals surface area (Å²) in [5.41, 5.74) is 3.32. The van der Waals surface area contributed by atoms with Crippen LogP contribution in [0, 0.1) is 24.0 Å². The molecule has 29 heavy (non-hydrogen) atoms. The van der Waals surface area contributed by atoms with Crippen LogP contribution in [0.2, 0.25) is 0 Å². The summed E-state index contributed by atoms with van der Waals surface area (Å²) in [6.07, 6.45) is 0. The van der Waals surface area contributed by atoms with Crippen molar-refractivity contribution in [2.24, 2.45) is 0 Å². The Bertz CT molecular complexity index is 1350. The average molecular weight is 388 g/mol. The first-order valence-corrected chi connectivity index (χ1v) is 8.88. The molecule has 144 valence electrons. The number of nitrogens with zero attached hydrogens (tertiary/aromatic N) is 1. The van der Waals surface area contributed by atoms with Gasteiger partial charge in [0.2, 0.25) is 5.43 Å². The number of nitro groups is 1. The zero-order valence-corrected chi connectivity index (χ0v) is 15.7. The van der Waals surface area contributed by atoms with Crippen LogP contribution in [0.3, 0.4) is 0 Å². The van der Waals surface area contributed by atoms with E-state index < -0.39 is 10.8 Å². The Labute approximate surface area is 164 Å². The molecule has 0 bridgehead atoms. The lowest BCUT2D eigenvalue weighted by Crippen LogP contribution is -2.12. The van der Waals surface area contributed by atoms with Crippen molar-refractivity contribution < 1.29 is 14.1 Å². The molecule has 0 fully saturated rings. The summed E-state index contributed by atoms with van der Waals surface area (Å²) >= 11 is 0. The molecule has 4 rings (SSSR count). The number of non-ortho nitro benzene ring substituents is 1. The molecule has 0 spiro atoms. The maximum atomic E-state index is 12.8. The minimum atomic E-state index is -0.527. The molecule has 1 heterocycles. The van der Waals surface area contributed by atoms with Crippen LogP contribution in [-0.2, 0) is 0 Å². The predicted octanol–water partition coefficient (Wildman–Crippen LogP) is 4.72. The van der Waals surface area contributed by atoms with Gasteiger partial charge in [0.1, 0.15) is 11.2 Å². The summed E-state index contributed by atoms with van der Waals surface area (Å²) < 4.78 is 5.98. The van der Waals surface area contributed by atoms with E-state index in [1.807, 2.05) is 19.9 Å². The van der Waals surface area contributed by atoms with Gasteiger partial charge in [0, 0.05) is 29.4 Å². The van der Waals surface area contributed by atoms with Crippen molar-refractivity contribution in [1.29, 1.82) is 0 Å². The lowest BCUT2D eigenvalue weighted by molar-refractivity contribution is -0.384. The van der Waals surface area contributed by atoms with Gasteiger partial charge < -0.3 is 9.73 Å². The quantitative estimate of drug-likeness (QED) is 0.311. The Hall–Kier alpha value is -4.00. The molecule has 1 N–H and O–H groups in total. The zero-order valence-electron chi connectivity index (χ0n) is 15.7. The molecule has 0 aliphatic rings. The minimum absolute atomic E-state index is 0.0911.